The van der Waals surface area contributed by atoms with Crippen LogP contribution in [0.2, 0.25) is 0 Å². The van der Waals surface area contributed by atoms with Crippen LogP contribution in [0.15, 0.2) is 41.3 Å². The Morgan fingerprint density at radius 2 is 1.82 bits per heavy atom. The Labute approximate surface area is 167 Å². The van der Waals surface area contributed by atoms with E-state index in [0.29, 0.717) is 23.7 Å². The van der Waals surface area contributed by atoms with E-state index in [2.05, 4.69) is 5.32 Å². The van der Waals surface area contributed by atoms with Crippen LogP contribution in [-0.2, 0) is 9.53 Å². The van der Waals surface area contributed by atoms with E-state index in [9.17, 15) is 9.59 Å². The summed E-state index contributed by atoms with van der Waals surface area (Å²) >= 11 is 1.74. The van der Waals surface area contributed by atoms with Gasteiger partial charge in [0.2, 0.25) is 5.91 Å². The number of carbonyl (C=O) groups is 2. The Kier molecular flexibility index (Phi) is 6.30. The SMILES string of the molecule is COC(=O)c1cc(OC)c(OC)cc1NCC(=O)N1CCSc2ccccc21. The second-order valence-electron chi connectivity index (χ2n) is 5.96. The van der Waals surface area contributed by atoms with Gasteiger partial charge in [0.25, 0.3) is 0 Å². The predicted molar refractivity (Wildman–Crippen MR) is 109 cm³/mol. The molecule has 28 heavy (non-hydrogen) atoms. The van der Waals surface area contributed by atoms with Gasteiger partial charge in [-0.15, -0.1) is 11.8 Å². The van der Waals surface area contributed by atoms with Gasteiger partial charge in [-0.3, -0.25) is 4.79 Å². The fraction of sp³-hybridized carbons (Fsp3) is 0.300. The Hall–Kier alpha value is -2.87. The maximum Gasteiger partial charge on any atom is 0.340 e. The molecule has 8 heteroatoms. The molecule has 1 amide bonds. The average molecular weight is 402 g/mol. The topological polar surface area (TPSA) is 77.1 Å². The molecule has 1 heterocycles. The van der Waals surface area contributed by atoms with Gasteiger partial charge in [-0.05, 0) is 12.1 Å². The van der Waals surface area contributed by atoms with Crippen LogP contribution < -0.4 is 19.7 Å². The smallest absolute Gasteiger partial charge is 0.340 e. The van der Waals surface area contributed by atoms with Gasteiger partial charge in [-0.25, -0.2) is 4.79 Å². The number of esters is 1. The molecule has 0 aromatic heterocycles. The summed E-state index contributed by atoms with van der Waals surface area (Å²) in [5.74, 6) is 1.08. The van der Waals surface area contributed by atoms with E-state index in [1.165, 1.54) is 27.4 Å². The van der Waals surface area contributed by atoms with Gasteiger partial charge in [-0.1, -0.05) is 12.1 Å². The van der Waals surface area contributed by atoms with Crippen LogP contribution in [0.4, 0.5) is 11.4 Å². The van der Waals surface area contributed by atoms with Crippen molar-refractivity contribution >= 4 is 35.0 Å². The normalized spacial score (nSPS) is 12.8. The van der Waals surface area contributed by atoms with E-state index in [4.69, 9.17) is 14.2 Å². The minimum absolute atomic E-state index is 0.0263. The van der Waals surface area contributed by atoms with Crippen LogP contribution in [-0.4, -0.2) is 52.0 Å². The van der Waals surface area contributed by atoms with E-state index < -0.39 is 5.97 Å². The third-order valence-corrected chi connectivity index (χ3v) is 5.43. The summed E-state index contributed by atoms with van der Waals surface area (Å²) in [7, 11) is 4.30. The van der Waals surface area contributed by atoms with Crippen molar-refractivity contribution in [3.8, 4) is 11.5 Å². The van der Waals surface area contributed by atoms with Crippen LogP contribution in [0.5, 0.6) is 11.5 Å². The average Bonchev–Trinajstić information content (AvgIpc) is 2.75. The third-order valence-electron chi connectivity index (χ3n) is 4.39. The first-order valence-corrected chi connectivity index (χ1v) is 9.68. The molecule has 3 rings (SSSR count). The Bertz CT molecular complexity index is 887. The number of ether oxygens (including phenoxy) is 3. The molecule has 7 nitrogen and oxygen atoms in total. The largest absolute Gasteiger partial charge is 0.493 e. The van der Waals surface area contributed by atoms with Gasteiger partial charge in [0.05, 0.1) is 44.8 Å². The lowest BCUT2D eigenvalue weighted by Gasteiger charge is -2.29. The lowest BCUT2D eigenvalue weighted by atomic mass is 10.1. The second kappa shape index (κ2) is 8.88. The van der Waals surface area contributed by atoms with Crippen molar-refractivity contribution in [3.63, 3.8) is 0 Å². The quantitative estimate of drug-likeness (QED) is 0.744. The molecule has 0 fully saturated rings. The highest BCUT2D eigenvalue weighted by atomic mass is 32.2. The van der Waals surface area contributed by atoms with Gasteiger partial charge >= 0.3 is 5.97 Å². The molecular formula is C20H22N2O5S. The number of rotatable bonds is 6. The number of amides is 1. The highest BCUT2D eigenvalue weighted by Crippen LogP contribution is 2.35. The van der Waals surface area contributed by atoms with Crippen molar-refractivity contribution in [1.29, 1.82) is 0 Å². The molecule has 2 aromatic carbocycles. The molecule has 0 saturated heterocycles. The number of thioether (sulfide) groups is 1. The molecule has 0 aliphatic carbocycles. The molecule has 1 aliphatic rings. The second-order valence-corrected chi connectivity index (χ2v) is 7.10. The number of anilines is 2. The number of benzene rings is 2. The molecule has 0 unspecified atom stereocenters. The van der Waals surface area contributed by atoms with Crippen LogP contribution in [0.3, 0.4) is 0 Å². The highest BCUT2D eigenvalue weighted by molar-refractivity contribution is 7.99. The number of carbonyl (C=O) groups excluding carboxylic acids is 2. The van der Waals surface area contributed by atoms with E-state index in [-0.39, 0.29) is 18.0 Å². The van der Waals surface area contributed by atoms with E-state index in [1.807, 2.05) is 24.3 Å². The summed E-state index contributed by atoms with van der Waals surface area (Å²) in [5.41, 5.74) is 1.62. The molecule has 0 bridgehead atoms. The van der Waals surface area contributed by atoms with Gasteiger partial charge in [0.15, 0.2) is 11.5 Å². The van der Waals surface area contributed by atoms with Crippen molar-refractivity contribution in [2.45, 2.75) is 4.90 Å². The van der Waals surface area contributed by atoms with Crippen LogP contribution in [0, 0.1) is 0 Å². The first-order chi connectivity index (χ1) is 13.6. The molecule has 0 spiro atoms. The Morgan fingerprint density at radius 3 is 2.54 bits per heavy atom. The predicted octanol–water partition coefficient (Wildman–Crippen LogP) is 3.04. The minimum atomic E-state index is -0.532. The van der Waals surface area contributed by atoms with Gasteiger partial charge in [0.1, 0.15) is 0 Å². The zero-order valence-corrected chi connectivity index (χ0v) is 16.8. The number of nitrogens with zero attached hydrogens (tertiary/aromatic N) is 1. The number of hydrogen-bond acceptors (Lipinski definition) is 7. The summed E-state index contributed by atoms with van der Waals surface area (Å²) in [6, 6.07) is 11.0. The molecule has 0 radical (unpaired) electrons. The number of para-hydroxylation sites is 1. The summed E-state index contributed by atoms with van der Waals surface area (Å²) in [6.45, 7) is 0.663. The lowest BCUT2D eigenvalue weighted by Crippen LogP contribution is -2.39. The lowest BCUT2D eigenvalue weighted by molar-refractivity contribution is -0.117. The Morgan fingerprint density at radius 1 is 1.11 bits per heavy atom. The number of nitrogens with one attached hydrogen (secondary N) is 1. The fourth-order valence-electron chi connectivity index (χ4n) is 3.00. The van der Waals surface area contributed by atoms with Crippen LogP contribution in [0.1, 0.15) is 10.4 Å². The number of methoxy groups -OCH3 is 3. The molecular weight excluding hydrogens is 380 g/mol. The maximum atomic E-state index is 12.8. The number of hydrogen-bond donors (Lipinski definition) is 1. The van der Waals surface area contributed by atoms with Crippen molar-refractivity contribution in [2.24, 2.45) is 0 Å². The van der Waals surface area contributed by atoms with Gasteiger partial charge in [0, 0.05) is 29.3 Å². The fourth-order valence-corrected chi connectivity index (χ4v) is 3.99. The van der Waals surface area contributed by atoms with E-state index >= 15 is 0 Å². The summed E-state index contributed by atoms with van der Waals surface area (Å²) < 4.78 is 15.4. The standard InChI is InChI=1S/C20H22N2O5S/c1-25-16-10-13(20(24)27-3)14(11-17(16)26-2)21-12-19(23)22-8-9-28-18-7-5-4-6-15(18)22/h4-7,10-11,21H,8-9,12H2,1-3H3. The highest BCUT2D eigenvalue weighted by Gasteiger charge is 2.23. The zero-order chi connectivity index (χ0) is 20.1. The van der Waals surface area contributed by atoms with Crippen molar-refractivity contribution < 1.29 is 23.8 Å². The molecule has 1 N–H and O–H groups in total. The van der Waals surface area contributed by atoms with Crippen LogP contribution in [0.25, 0.3) is 0 Å². The minimum Gasteiger partial charge on any atom is -0.493 e. The molecule has 0 saturated carbocycles. The van der Waals surface area contributed by atoms with E-state index in [0.717, 1.165) is 16.3 Å². The van der Waals surface area contributed by atoms with Gasteiger partial charge in [-0.2, -0.15) is 0 Å². The Balaban J connectivity index is 1.82. The van der Waals surface area contributed by atoms with Crippen molar-refractivity contribution in [3.05, 3.63) is 42.0 Å². The molecule has 2 aromatic rings. The number of fused-ring (bicyclic) bond motifs is 1. The maximum absolute atomic E-state index is 12.8. The van der Waals surface area contributed by atoms with Crippen LogP contribution >= 0.6 is 11.8 Å². The summed E-state index contributed by atoms with van der Waals surface area (Å²) in [4.78, 5) is 27.8. The monoisotopic (exact) mass is 402 g/mol. The third kappa shape index (κ3) is 4.01. The van der Waals surface area contributed by atoms with Crippen molar-refractivity contribution in [2.75, 3.05) is 50.4 Å². The van der Waals surface area contributed by atoms with E-state index in [1.54, 1.807) is 22.7 Å². The molecule has 148 valence electrons. The first-order valence-electron chi connectivity index (χ1n) is 8.69. The summed E-state index contributed by atoms with van der Waals surface area (Å²) in [5, 5.41) is 3.05. The molecule has 0 atom stereocenters. The zero-order valence-electron chi connectivity index (χ0n) is 16.0. The van der Waals surface area contributed by atoms with Gasteiger partial charge < -0.3 is 24.4 Å². The van der Waals surface area contributed by atoms with Crippen molar-refractivity contribution in [1.82, 2.24) is 0 Å². The summed E-state index contributed by atoms with van der Waals surface area (Å²) in [6.07, 6.45) is 0. The first kappa shape index (κ1) is 19.9. The molecule has 1 aliphatic heterocycles.